The van der Waals surface area contributed by atoms with Gasteiger partial charge in [-0.25, -0.2) is 4.98 Å². The first kappa shape index (κ1) is 32.3. The number of carbonyl (C=O) groups is 2. The van der Waals surface area contributed by atoms with Gasteiger partial charge in [0.15, 0.2) is 11.5 Å². The van der Waals surface area contributed by atoms with Crippen molar-refractivity contribution in [2.45, 2.75) is 41.0 Å². The van der Waals surface area contributed by atoms with Crippen LogP contribution in [0.5, 0.6) is 11.5 Å². The summed E-state index contributed by atoms with van der Waals surface area (Å²) in [6.45, 7) is 9.35. The Labute approximate surface area is 221 Å². The lowest BCUT2D eigenvalue weighted by Crippen LogP contribution is -2.19. The molecule has 0 spiro atoms. The summed E-state index contributed by atoms with van der Waals surface area (Å²) in [5.74, 6) is 0.592. The van der Waals surface area contributed by atoms with Gasteiger partial charge in [0.2, 0.25) is 0 Å². The van der Waals surface area contributed by atoms with Crippen molar-refractivity contribution in [2.24, 2.45) is 5.73 Å². The van der Waals surface area contributed by atoms with Crippen LogP contribution in [0.15, 0.2) is 58.7 Å². The van der Waals surface area contributed by atoms with Crippen molar-refractivity contribution in [2.75, 3.05) is 24.9 Å². The fourth-order valence-electron chi connectivity index (χ4n) is 2.40. The van der Waals surface area contributed by atoms with E-state index in [1.165, 1.54) is 20.3 Å². The van der Waals surface area contributed by atoms with Crippen molar-refractivity contribution in [3.8, 4) is 11.5 Å². The number of carbonyl (C=O) groups excluding carboxylic acids is 2. The van der Waals surface area contributed by atoms with Gasteiger partial charge in [-0.05, 0) is 54.9 Å². The van der Waals surface area contributed by atoms with E-state index in [1.54, 1.807) is 44.3 Å². The number of nitrogens with two attached hydrogens (primary N) is 1. The van der Waals surface area contributed by atoms with Gasteiger partial charge in [0.05, 0.1) is 31.3 Å². The lowest BCUT2D eigenvalue weighted by atomic mass is 10.1. The van der Waals surface area contributed by atoms with Gasteiger partial charge in [-0.1, -0.05) is 32.1 Å². The van der Waals surface area contributed by atoms with Gasteiger partial charge >= 0.3 is 0 Å². The summed E-state index contributed by atoms with van der Waals surface area (Å²) in [5.41, 5.74) is 6.05. The summed E-state index contributed by atoms with van der Waals surface area (Å²) in [6, 6.07) is 6.47. The SMILES string of the molecule is C/C=C(\C)C(=O)Nc1cc(OC)c(OC)cc1C(=O)Nc1ccc(Br)cn1.C/C=C\CC(=N)N.CC. The molecule has 0 radical (unpaired) electrons. The number of benzene rings is 1. The Balaban J connectivity index is 0.00000117. The molecule has 0 atom stereocenters. The number of nitrogens with one attached hydrogen (secondary N) is 3. The largest absolute Gasteiger partial charge is 0.493 e. The van der Waals surface area contributed by atoms with Crippen LogP contribution >= 0.6 is 15.9 Å². The van der Waals surface area contributed by atoms with Gasteiger partial charge in [0, 0.05) is 28.7 Å². The predicted molar refractivity (Wildman–Crippen MR) is 150 cm³/mol. The number of methoxy groups -OCH3 is 2. The maximum atomic E-state index is 12.8. The van der Waals surface area contributed by atoms with Gasteiger partial charge in [-0.15, -0.1) is 0 Å². The van der Waals surface area contributed by atoms with Gasteiger partial charge in [0.1, 0.15) is 5.82 Å². The molecule has 2 amide bonds. The molecule has 0 fully saturated rings. The Bertz CT molecular complexity index is 1070. The molecule has 1 aromatic carbocycles. The van der Waals surface area contributed by atoms with Crippen LogP contribution in [0.25, 0.3) is 0 Å². The van der Waals surface area contributed by atoms with Crippen molar-refractivity contribution in [3.63, 3.8) is 0 Å². The zero-order chi connectivity index (χ0) is 27.7. The molecule has 10 heteroatoms. The Kier molecular flexibility index (Phi) is 15.9. The molecule has 2 rings (SSSR count). The zero-order valence-corrected chi connectivity index (χ0v) is 23.4. The Hall–Kier alpha value is -3.66. The van der Waals surface area contributed by atoms with E-state index in [1.807, 2.05) is 32.9 Å². The third-order valence-electron chi connectivity index (χ3n) is 4.35. The highest BCUT2D eigenvalue weighted by Crippen LogP contribution is 2.34. The van der Waals surface area contributed by atoms with E-state index in [0.29, 0.717) is 35.0 Å². The van der Waals surface area contributed by atoms with Gasteiger partial charge < -0.3 is 25.8 Å². The van der Waals surface area contributed by atoms with E-state index in [4.69, 9.17) is 20.6 Å². The standard InChI is InChI=1S/C19H20BrN3O4.C5H10N2.C2H6/c1-5-11(2)18(24)22-14-9-16(27-4)15(26-3)8-13(14)19(25)23-17-7-6-12(20)10-21-17;1-2-3-4-5(6)7;1-2/h5-10H,1-4H3,(H,22,24)(H,21,23,25);2-3H,4H2,1H3,(H3,6,7);1-2H3/b11-5+;3-2-;. The van der Waals surface area contributed by atoms with Crippen molar-refractivity contribution in [3.05, 3.63) is 64.3 Å². The van der Waals surface area contributed by atoms with Crippen LogP contribution in [-0.4, -0.2) is 36.9 Å². The Morgan fingerprint density at radius 2 is 1.72 bits per heavy atom. The molecule has 0 aliphatic carbocycles. The fraction of sp³-hybridized carbons (Fsp3) is 0.308. The quantitative estimate of drug-likeness (QED) is 0.136. The van der Waals surface area contributed by atoms with E-state index < -0.39 is 5.91 Å². The van der Waals surface area contributed by atoms with Crippen LogP contribution in [0.3, 0.4) is 0 Å². The van der Waals surface area contributed by atoms with Gasteiger partial charge in [-0.3, -0.25) is 15.0 Å². The van der Waals surface area contributed by atoms with Crippen molar-refractivity contribution in [1.82, 2.24) is 4.98 Å². The average molecular weight is 563 g/mol. The predicted octanol–water partition coefficient (Wildman–Crippen LogP) is 5.93. The molecular formula is C26H36BrN5O4. The van der Waals surface area contributed by atoms with Crippen LogP contribution in [0, 0.1) is 5.41 Å². The molecule has 0 unspecified atom stereocenters. The highest BCUT2D eigenvalue weighted by Gasteiger charge is 2.19. The maximum absolute atomic E-state index is 12.8. The number of amides is 2. The second-order valence-corrected chi connectivity index (χ2v) is 7.71. The summed E-state index contributed by atoms with van der Waals surface area (Å²) < 4.78 is 11.3. The number of amidine groups is 1. The normalized spacial score (nSPS) is 10.3. The molecule has 1 aromatic heterocycles. The Morgan fingerprint density at radius 3 is 2.17 bits per heavy atom. The number of allylic oxidation sites excluding steroid dienone is 2. The van der Waals surface area contributed by atoms with Crippen LogP contribution in [0.1, 0.15) is 51.4 Å². The minimum absolute atomic E-state index is 0.217. The molecule has 0 bridgehead atoms. The van der Waals surface area contributed by atoms with E-state index >= 15 is 0 Å². The second-order valence-electron chi connectivity index (χ2n) is 6.79. The number of ether oxygens (including phenoxy) is 2. The van der Waals surface area contributed by atoms with E-state index in [9.17, 15) is 9.59 Å². The van der Waals surface area contributed by atoms with Gasteiger partial charge in [0.25, 0.3) is 11.8 Å². The molecule has 1 heterocycles. The van der Waals surface area contributed by atoms with E-state index in [0.717, 1.165) is 4.47 Å². The molecule has 36 heavy (non-hydrogen) atoms. The molecular weight excluding hydrogens is 526 g/mol. The monoisotopic (exact) mass is 561 g/mol. The lowest BCUT2D eigenvalue weighted by Gasteiger charge is -2.15. The molecule has 2 aromatic rings. The molecule has 0 saturated carbocycles. The van der Waals surface area contributed by atoms with Crippen LogP contribution in [-0.2, 0) is 4.79 Å². The number of anilines is 2. The summed E-state index contributed by atoms with van der Waals surface area (Å²) in [6.07, 6.45) is 7.56. The van der Waals surface area contributed by atoms with Gasteiger partial charge in [-0.2, -0.15) is 0 Å². The number of halogens is 1. The highest BCUT2D eigenvalue weighted by molar-refractivity contribution is 9.10. The third-order valence-corrected chi connectivity index (χ3v) is 4.82. The van der Waals surface area contributed by atoms with E-state index in [-0.39, 0.29) is 17.3 Å². The average Bonchev–Trinajstić information content (AvgIpc) is 2.89. The first-order valence-corrected chi connectivity index (χ1v) is 12.0. The third kappa shape index (κ3) is 11.2. The molecule has 0 aliphatic rings. The molecule has 9 nitrogen and oxygen atoms in total. The van der Waals surface area contributed by atoms with Crippen LogP contribution in [0.4, 0.5) is 11.5 Å². The summed E-state index contributed by atoms with van der Waals surface area (Å²) in [7, 11) is 2.95. The smallest absolute Gasteiger partial charge is 0.259 e. The molecule has 196 valence electrons. The number of hydrogen-bond donors (Lipinski definition) is 4. The number of hydrogen-bond acceptors (Lipinski definition) is 6. The summed E-state index contributed by atoms with van der Waals surface area (Å²) in [5, 5.41) is 12.2. The van der Waals surface area contributed by atoms with Crippen LogP contribution < -0.4 is 25.8 Å². The number of rotatable bonds is 8. The molecule has 5 N–H and O–H groups in total. The maximum Gasteiger partial charge on any atom is 0.259 e. The topological polar surface area (TPSA) is 139 Å². The van der Waals surface area contributed by atoms with Crippen molar-refractivity contribution < 1.29 is 19.1 Å². The first-order chi connectivity index (χ1) is 17.2. The number of aromatic nitrogens is 1. The molecule has 0 aliphatic heterocycles. The molecule has 0 saturated heterocycles. The van der Waals surface area contributed by atoms with E-state index in [2.05, 4.69) is 31.5 Å². The minimum Gasteiger partial charge on any atom is -0.493 e. The highest BCUT2D eigenvalue weighted by atomic mass is 79.9. The fourth-order valence-corrected chi connectivity index (χ4v) is 2.64. The van der Waals surface area contributed by atoms with Crippen molar-refractivity contribution in [1.29, 1.82) is 5.41 Å². The Morgan fingerprint density at radius 1 is 1.11 bits per heavy atom. The second kappa shape index (κ2) is 17.7. The summed E-state index contributed by atoms with van der Waals surface area (Å²) >= 11 is 3.29. The zero-order valence-electron chi connectivity index (χ0n) is 21.9. The lowest BCUT2D eigenvalue weighted by molar-refractivity contribution is -0.112. The van der Waals surface area contributed by atoms with Crippen LogP contribution in [0.2, 0.25) is 0 Å². The number of pyridine rings is 1. The first-order valence-electron chi connectivity index (χ1n) is 11.2. The number of nitrogens with zero attached hydrogens (tertiary/aromatic N) is 1. The minimum atomic E-state index is -0.445. The summed E-state index contributed by atoms with van der Waals surface area (Å²) in [4.78, 5) is 29.2. The van der Waals surface area contributed by atoms with Crippen molar-refractivity contribution >= 4 is 45.1 Å².